The van der Waals surface area contributed by atoms with Crippen molar-refractivity contribution >= 4 is 34.9 Å². The second kappa shape index (κ2) is 9.29. The summed E-state index contributed by atoms with van der Waals surface area (Å²) in [6, 6.07) is 0. The topological polar surface area (TPSA) is 108 Å². The molecule has 0 rings (SSSR count). The number of thioether (sulfide) groups is 1. The lowest BCUT2D eigenvalue weighted by atomic mass is 10.2. The van der Waals surface area contributed by atoms with Gasteiger partial charge in [-0.15, -0.1) is 0 Å². The Kier molecular flexibility index (Phi) is 8.54. The lowest BCUT2D eigenvalue weighted by molar-refractivity contribution is -0.154. The molecule has 0 aliphatic heterocycles. The molecule has 0 saturated carbocycles. The summed E-state index contributed by atoms with van der Waals surface area (Å²) >= 11 is 0.608. The molecule has 0 radical (unpaired) electrons. The average molecular weight is 335 g/mol. The van der Waals surface area contributed by atoms with Crippen molar-refractivity contribution in [3.63, 3.8) is 0 Å². The highest BCUT2D eigenvalue weighted by atomic mass is 32.2. The number of ether oxygens (including phenoxy) is 3. The summed E-state index contributed by atoms with van der Waals surface area (Å²) in [4.78, 5) is 44.9. The Labute approximate surface area is 133 Å². The lowest BCUT2D eigenvalue weighted by Crippen LogP contribution is -2.38. The van der Waals surface area contributed by atoms with Crippen LogP contribution in [0.5, 0.6) is 0 Å². The van der Waals surface area contributed by atoms with Gasteiger partial charge < -0.3 is 19.5 Å². The molecular formula is C13H21NO7S. The zero-order valence-electron chi connectivity index (χ0n) is 13.3. The van der Waals surface area contributed by atoms with E-state index in [0.29, 0.717) is 11.8 Å². The van der Waals surface area contributed by atoms with Crippen LogP contribution in [-0.2, 0) is 28.6 Å². The van der Waals surface area contributed by atoms with E-state index >= 15 is 0 Å². The number of nitrogens with one attached hydrogen (secondary N) is 1. The van der Waals surface area contributed by atoms with Crippen molar-refractivity contribution in [2.24, 2.45) is 0 Å². The number of hydrogen-bond donors (Lipinski definition) is 1. The van der Waals surface area contributed by atoms with Crippen molar-refractivity contribution in [1.82, 2.24) is 5.32 Å². The van der Waals surface area contributed by atoms with Gasteiger partial charge in [0.15, 0.2) is 0 Å². The third kappa shape index (κ3) is 11.0. The van der Waals surface area contributed by atoms with E-state index in [0.717, 1.165) is 0 Å². The molecule has 1 unspecified atom stereocenters. The van der Waals surface area contributed by atoms with Crippen LogP contribution in [0.2, 0.25) is 0 Å². The highest BCUT2D eigenvalue weighted by Crippen LogP contribution is 2.14. The second-order valence-corrected chi connectivity index (χ2v) is 6.49. The Morgan fingerprint density at radius 1 is 1.14 bits per heavy atom. The summed E-state index contributed by atoms with van der Waals surface area (Å²) in [5.74, 6) is -1.67. The number of rotatable bonds is 6. The molecule has 0 fully saturated rings. The number of esters is 2. The lowest BCUT2D eigenvalue weighted by Gasteiger charge is -2.19. The van der Waals surface area contributed by atoms with Crippen molar-refractivity contribution in [3.05, 3.63) is 0 Å². The molecule has 9 heteroatoms. The predicted molar refractivity (Wildman–Crippen MR) is 79.0 cm³/mol. The summed E-state index contributed by atoms with van der Waals surface area (Å²) < 4.78 is 14.0. The first-order valence-electron chi connectivity index (χ1n) is 6.47. The van der Waals surface area contributed by atoms with Crippen LogP contribution in [0.1, 0.15) is 34.6 Å². The van der Waals surface area contributed by atoms with Crippen LogP contribution in [0.25, 0.3) is 0 Å². The molecule has 0 aromatic rings. The van der Waals surface area contributed by atoms with Crippen molar-refractivity contribution in [3.8, 4) is 0 Å². The monoisotopic (exact) mass is 335 g/mol. The van der Waals surface area contributed by atoms with Crippen LogP contribution in [0.4, 0.5) is 4.79 Å². The normalized spacial score (nSPS) is 12.0. The van der Waals surface area contributed by atoms with Gasteiger partial charge >= 0.3 is 17.2 Å². The van der Waals surface area contributed by atoms with Gasteiger partial charge in [0.25, 0.3) is 0 Å². The molecule has 0 aliphatic carbocycles. The fraction of sp³-hybridized carbons (Fsp3) is 0.692. The molecule has 0 aromatic carbocycles. The second-order valence-electron chi connectivity index (χ2n) is 5.21. The maximum absolute atomic E-state index is 11.7. The summed E-state index contributed by atoms with van der Waals surface area (Å²) in [7, 11) is 0. The van der Waals surface area contributed by atoms with Crippen molar-refractivity contribution < 1.29 is 33.4 Å². The fourth-order valence-corrected chi connectivity index (χ4v) is 1.67. The average Bonchev–Trinajstić information content (AvgIpc) is 2.33. The van der Waals surface area contributed by atoms with Gasteiger partial charge in [0.05, 0.1) is 5.25 Å². The van der Waals surface area contributed by atoms with Gasteiger partial charge in [0.2, 0.25) is 12.7 Å². The standard InChI is InChI=1S/C13H21NO7S/c1-8(22-12(18)20-7-19-9(2)15)11(17)14-6-10(16)21-13(3,4)5/h8H,6-7H2,1-5H3,(H,14,17). The van der Waals surface area contributed by atoms with E-state index in [1.165, 1.54) is 13.8 Å². The van der Waals surface area contributed by atoms with E-state index in [1.807, 2.05) is 0 Å². The summed E-state index contributed by atoms with van der Waals surface area (Å²) in [6.45, 7) is 6.99. The number of amides is 1. The molecule has 0 saturated heterocycles. The summed E-state index contributed by atoms with van der Waals surface area (Å²) in [6.07, 6.45) is 0. The predicted octanol–water partition coefficient (Wildman–Crippen LogP) is 1.22. The first kappa shape index (κ1) is 20.2. The molecule has 1 N–H and O–H groups in total. The largest absolute Gasteiger partial charge is 0.459 e. The molecule has 1 atom stereocenters. The van der Waals surface area contributed by atoms with Gasteiger partial charge in [-0.1, -0.05) is 0 Å². The van der Waals surface area contributed by atoms with Crippen LogP contribution < -0.4 is 5.32 Å². The molecule has 0 aliphatic rings. The zero-order valence-corrected chi connectivity index (χ0v) is 14.1. The summed E-state index contributed by atoms with van der Waals surface area (Å²) in [5, 5.41) is 0.823. The van der Waals surface area contributed by atoms with Crippen LogP contribution in [-0.4, -0.2) is 47.3 Å². The maximum Gasteiger partial charge on any atom is 0.370 e. The Morgan fingerprint density at radius 3 is 2.23 bits per heavy atom. The molecule has 0 bridgehead atoms. The van der Waals surface area contributed by atoms with Gasteiger partial charge in [-0.25, -0.2) is 4.79 Å². The number of carbonyl (C=O) groups is 4. The fourth-order valence-electron chi connectivity index (χ4n) is 1.07. The highest BCUT2D eigenvalue weighted by Gasteiger charge is 2.21. The van der Waals surface area contributed by atoms with Crippen LogP contribution in [0, 0.1) is 0 Å². The number of hydrogen-bond acceptors (Lipinski definition) is 8. The quantitative estimate of drug-likeness (QED) is 0.570. The Morgan fingerprint density at radius 2 is 1.73 bits per heavy atom. The Hall–Kier alpha value is -1.77. The van der Waals surface area contributed by atoms with E-state index in [2.05, 4.69) is 14.8 Å². The van der Waals surface area contributed by atoms with Crippen LogP contribution in [0.3, 0.4) is 0 Å². The van der Waals surface area contributed by atoms with E-state index < -0.39 is 40.8 Å². The SMILES string of the molecule is CC(=O)OCOC(=O)SC(C)C(=O)NCC(=O)OC(C)(C)C. The first-order chi connectivity index (χ1) is 10.0. The van der Waals surface area contributed by atoms with E-state index in [-0.39, 0.29) is 6.54 Å². The van der Waals surface area contributed by atoms with E-state index in [1.54, 1.807) is 20.8 Å². The molecule has 0 aromatic heterocycles. The highest BCUT2D eigenvalue weighted by molar-refractivity contribution is 8.14. The van der Waals surface area contributed by atoms with Gasteiger partial charge in [-0.3, -0.25) is 14.4 Å². The van der Waals surface area contributed by atoms with Gasteiger partial charge in [0.1, 0.15) is 12.1 Å². The van der Waals surface area contributed by atoms with Crippen molar-refractivity contribution in [2.75, 3.05) is 13.3 Å². The maximum atomic E-state index is 11.7. The molecule has 8 nitrogen and oxygen atoms in total. The third-order valence-electron chi connectivity index (χ3n) is 1.91. The molecule has 22 heavy (non-hydrogen) atoms. The van der Waals surface area contributed by atoms with E-state index in [9.17, 15) is 19.2 Å². The minimum Gasteiger partial charge on any atom is -0.459 e. The number of carbonyl (C=O) groups excluding carboxylic acids is 4. The van der Waals surface area contributed by atoms with Gasteiger partial charge in [-0.2, -0.15) is 0 Å². The minimum atomic E-state index is -0.771. The smallest absolute Gasteiger partial charge is 0.370 e. The zero-order chi connectivity index (χ0) is 17.3. The first-order valence-corrected chi connectivity index (χ1v) is 7.35. The van der Waals surface area contributed by atoms with Gasteiger partial charge in [0, 0.05) is 6.92 Å². The Bertz CT molecular complexity index is 431. The van der Waals surface area contributed by atoms with Crippen molar-refractivity contribution in [1.29, 1.82) is 0 Å². The molecule has 1 amide bonds. The van der Waals surface area contributed by atoms with Crippen molar-refractivity contribution in [2.45, 2.75) is 45.5 Å². The third-order valence-corrected chi connectivity index (χ3v) is 2.79. The van der Waals surface area contributed by atoms with Crippen LogP contribution >= 0.6 is 11.8 Å². The molecule has 126 valence electrons. The van der Waals surface area contributed by atoms with Gasteiger partial charge in [-0.05, 0) is 39.5 Å². The van der Waals surface area contributed by atoms with E-state index in [4.69, 9.17) is 4.74 Å². The van der Waals surface area contributed by atoms with Crippen LogP contribution in [0.15, 0.2) is 0 Å². The Balaban J connectivity index is 4.03. The minimum absolute atomic E-state index is 0.288. The summed E-state index contributed by atoms with van der Waals surface area (Å²) in [5.41, 5.74) is -0.636. The molecular weight excluding hydrogens is 314 g/mol. The molecule has 0 spiro atoms. The molecule has 0 heterocycles.